The molecule has 0 radical (unpaired) electrons. The summed E-state index contributed by atoms with van der Waals surface area (Å²) >= 11 is 1.71. The summed E-state index contributed by atoms with van der Waals surface area (Å²) in [4.78, 5) is 5.57. The van der Waals surface area contributed by atoms with Gasteiger partial charge in [-0.25, -0.2) is 4.98 Å². The first-order valence-electron chi connectivity index (χ1n) is 6.96. The van der Waals surface area contributed by atoms with Crippen LogP contribution in [0.1, 0.15) is 41.9 Å². The van der Waals surface area contributed by atoms with Crippen LogP contribution in [0, 0.1) is 6.92 Å². The summed E-state index contributed by atoms with van der Waals surface area (Å²) in [5, 5.41) is 9.06. The molecule has 1 N–H and O–H groups in total. The van der Waals surface area contributed by atoms with Crippen molar-refractivity contribution < 1.29 is 4.74 Å². The van der Waals surface area contributed by atoms with Crippen molar-refractivity contribution in [3.8, 4) is 5.75 Å². The zero-order chi connectivity index (χ0) is 14.5. The summed E-state index contributed by atoms with van der Waals surface area (Å²) in [6.45, 7) is 8.04. The molecule has 0 bridgehead atoms. The fraction of sp³-hybridized carbons (Fsp3) is 0.571. The van der Waals surface area contributed by atoms with Crippen LogP contribution in [0.4, 0.5) is 0 Å². The average molecular weight is 294 g/mol. The molecule has 0 saturated heterocycles. The lowest BCUT2D eigenvalue weighted by molar-refractivity contribution is 0.399. The second kappa shape index (κ2) is 6.85. The molecule has 0 fully saturated rings. The van der Waals surface area contributed by atoms with Gasteiger partial charge in [0.25, 0.3) is 0 Å². The van der Waals surface area contributed by atoms with E-state index in [0.29, 0.717) is 0 Å². The largest absolute Gasteiger partial charge is 0.493 e. The maximum atomic E-state index is 5.48. The van der Waals surface area contributed by atoms with Gasteiger partial charge in [0, 0.05) is 17.6 Å². The highest BCUT2D eigenvalue weighted by molar-refractivity contribution is 7.11. The van der Waals surface area contributed by atoms with Gasteiger partial charge in [-0.1, -0.05) is 6.92 Å². The molecule has 110 valence electrons. The Morgan fingerprint density at radius 3 is 2.75 bits per heavy atom. The lowest BCUT2D eigenvalue weighted by Crippen LogP contribution is -2.25. The third kappa shape index (κ3) is 3.02. The molecule has 0 amide bonds. The predicted molar refractivity (Wildman–Crippen MR) is 81.4 cm³/mol. The molecule has 1 unspecified atom stereocenters. The topological polar surface area (TPSA) is 52.0 Å². The molecule has 2 heterocycles. The minimum Gasteiger partial charge on any atom is -0.493 e. The number of nitrogens with one attached hydrogen (secondary N) is 1. The van der Waals surface area contributed by atoms with Crippen molar-refractivity contribution in [2.24, 2.45) is 0 Å². The van der Waals surface area contributed by atoms with Crippen LogP contribution in [0.3, 0.4) is 0 Å². The van der Waals surface area contributed by atoms with Crippen molar-refractivity contribution in [1.29, 1.82) is 0 Å². The van der Waals surface area contributed by atoms with Gasteiger partial charge in [0.2, 0.25) is 0 Å². The third-order valence-electron chi connectivity index (χ3n) is 3.16. The number of aryl methyl sites for hydroxylation is 2. The van der Waals surface area contributed by atoms with E-state index in [0.717, 1.165) is 36.0 Å². The van der Waals surface area contributed by atoms with Crippen LogP contribution in [0.5, 0.6) is 5.75 Å². The van der Waals surface area contributed by atoms with Gasteiger partial charge in [-0.15, -0.1) is 11.3 Å². The molecule has 5 nitrogen and oxygen atoms in total. The van der Waals surface area contributed by atoms with E-state index < -0.39 is 0 Å². The number of hydrogen-bond acceptors (Lipinski definition) is 5. The molecule has 0 aliphatic rings. The van der Waals surface area contributed by atoms with E-state index >= 15 is 0 Å². The number of methoxy groups -OCH3 is 1. The minimum atomic E-state index is 0.0820. The summed E-state index contributed by atoms with van der Waals surface area (Å²) in [5.74, 6) is 0.825. The third-order valence-corrected chi connectivity index (χ3v) is 4.14. The number of rotatable bonds is 7. The summed E-state index contributed by atoms with van der Waals surface area (Å²) in [6.07, 6.45) is 4.81. The van der Waals surface area contributed by atoms with Crippen LogP contribution < -0.4 is 10.1 Å². The fourth-order valence-corrected chi connectivity index (χ4v) is 3.07. The molecule has 2 aromatic heterocycles. The Bertz CT molecular complexity index is 528. The smallest absolute Gasteiger partial charge is 0.161 e. The van der Waals surface area contributed by atoms with Gasteiger partial charge in [-0.05, 0) is 26.8 Å². The van der Waals surface area contributed by atoms with E-state index in [-0.39, 0.29) is 6.04 Å². The summed E-state index contributed by atoms with van der Waals surface area (Å²) < 4.78 is 7.47. The van der Waals surface area contributed by atoms with E-state index in [2.05, 4.69) is 29.2 Å². The molecule has 0 spiro atoms. The lowest BCUT2D eigenvalue weighted by atomic mass is 10.1. The second-order valence-electron chi connectivity index (χ2n) is 4.58. The maximum absolute atomic E-state index is 5.48. The van der Waals surface area contributed by atoms with E-state index in [9.17, 15) is 0 Å². The number of ether oxygens (including phenoxy) is 1. The molecular formula is C14H22N4OS. The van der Waals surface area contributed by atoms with Gasteiger partial charge < -0.3 is 10.1 Å². The molecule has 20 heavy (non-hydrogen) atoms. The molecule has 0 saturated carbocycles. The fourth-order valence-electron chi connectivity index (χ4n) is 2.21. The standard InChI is InChI=1S/C14H22N4OS/c1-5-7-15-13(12-9-16-10(3)20-12)14-11(19-4)8-17-18(14)6-2/h8-9,13,15H,5-7H2,1-4H3. The number of thiazole rings is 1. The Hall–Kier alpha value is -1.40. The summed E-state index contributed by atoms with van der Waals surface area (Å²) in [7, 11) is 1.69. The molecular weight excluding hydrogens is 272 g/mol. The normalized spacial score (nSPS) is 12.6. The zero-order valence-corrected chi connectivity index (χ0v) is 13.3. The van der Waals surface area contributed by atoms with Crippen molar-refractivity contribution in [2.45, 2.75) is 39.8 Å². The van der Waals surface area contributed by atoms with Gasteiger partial charge in [-0.3, -0.25) is 4.68 Å². The van der Waals surface area contributed by atoms with E-state index in [4.69, 9.17) is 4.74 Å². The summed E-state index contributed by atoms with van der Waals surface area (Å²) in [5.41, 5.74) is 1.08. The molecule has 0 aliphatic carbocycles. The first kappa shape index (κ1) is 15.0. The van der Waals surface area contributed by atoms with E-state index in [1.165, 1.54) is 4.88 Å². The Morgan fingerprint density at radius 1 is 1.40 bits per heavy atom. The second-order valence-corrected chi connectivity index (χ2v) is 5.85. The Labute approximate surface area is 124 Å². The van der Waals surface area contributed by atoms with Gasteiger partial charge in [0.15, 0.2) is 5.75 Å². The lowest BCUT2D eigenvalue weighted by Gasteiger charge is -2.19. The Morgan fingerprint density at radius 2 is 2.20 bits per heavy atom. The number of nitrogens with zero attached hydrogens (tertiary/aromatic N) is 3. The Balaban J connectivity index is 2.42. The van der Waals surface area contributed by atoms with Crippen LogP contribution in [0.25, 0.3) is 0 Å². The van der Waals surface area contributed by atoms with Gasteiger partial charge in [0.1, 0.15) is 5.69 Å². The monoisotopic (exact) mass is 294 g/mol. The Kier molecular flexibility index (Phi) is 5.14. The van der Waals surface area contributed by atoms with Crippen molar-refractivity contribution in [1.82, 2.24) is 20.1 Å². The molecule has 0 aliphatic heterocycles. The first-order valence-corrected chi connectivity index (χ1v) is 7.78. The molecule has 2 rings (SSSR count). The van der Waals surface area contributed by atoms with Gasteiger partial charge in [-0.2, -0.15) is 5.10 Å². The molecule has 6 heteroatoms. The van der Waals surface area contributed by atoms with Crippen molar-refractivity contribution in [3.63, 3.8) is 0 Å². The van der Waals surface area contributed by atoms with E-state index in [1.807, 2.05) is 17.8 Å². The van der Waals surface area contributed by atoms with Gasteiger partial charge in [0.05, 0.1) is 24.4 Å². The highest BCUT2D eigenvalue weighted by Crippen LogP contribution is 2.32. The molecule has 2 aromatic rings. The van der Waals surface area contributed by atoms with Gasteiger partial charge >= 0.3 is 0 Å². The SMILES string of the molecule is CCCNC(c1cnc(C)s1)c1c(OC)cnn1CC. The van der Waals surface area contributed by atoms with Crippen molar-refractivity contribution >= 4 is 11.3 Å². The predicted octanol–water partition coefficient (Wildman–Crippen LogP) is 2.77. The van der Waals surface area contributed by atoms with Crippen LogP contribution in [0.15, 0.2) is 12.4 Å². The molecule has 0 aromatic carbocycles. The van der Waals surface area contributed by atoms with Crippen LogP contribution in [-0.2, 0) is 6.54 Å². The zero-order valence-electron chi connectivity index (χ0n) is 12.5. The average Bonchev–Trinajstić information content (AvgIpc) is 3.06. The first-order chi connectivity index (χ1) is 9.71. The molecule has 1 atom stereocenters. The van der Waals surface area contributed by atoms with Crippen LogP contribution >= 0.6 is 11.3 Å². The highest BCUT2D eigenvalue weighted by Gasteiger charge is 2.24. The maximum Gasteiger partial charge on any atom is 0.161 e. The number of hydrogen-bond donors (Lipinski definition) is 1. The number of aromatic nitrogens is 3. The van der Waals surface area contributed by atoms with Crippen molar-refractivity contribution in [2.75, 3.05) is 13.7 Å². The van der Waals surface area contributed by atoms with Crippen molar-refractivity contribution in [3.05, 3.63) is 28.0 Å². The van der Waals surface area contributed by atoms with Crippen LogP contribution in [-0.4, -0.2) is 28.4 Å². The van der Waals surface area contributed by atoms with Crippen LogP contribution in [0.2, 0.25) is 0 Å². The quantitative estimate of drug-likeness (QED) is 0.853. The highest BCUT2D eigenvalue weighted by atomic mass is 32.1. The minimum absolute atomic E-state index is 0.0820. The van der Waals surface area contributed by atoms with E-state index in [1.54, 1.807) is 24.6 Å². The summed E-state index contributed by atoms with van der Waals surface area (Å²) in [6, 6.07) is 0.0820.